The van der Waals surface area contributed by atoms with E-state index < -0.39 is 0 Å². The van der Waals surface area contributed by atoms with E-state index in [1.54, 1.807) is 0 Å². The number of amides is 2. The Bertz CT molecular complexity index is 713. The quantitative estimate of drug-likeness (QED) is 0.593. The minimum Gasteiger partial charge on any atom is -0.371 e. The Kier molecular flexibility index (Phi) is 5.30. The summed E-state index contributed by atoms with van der Waals surface area (Å²) in [6.07, 6.45) is 9.29. The van der Waals surface area contributed by atoms with Crippen LogP contribution in [0.2, 0.25) is 0 Å². The molecule has 2 aliphatic heterocycles. The molecule has 0 bridgehead atoms. The van der Waals surface area contributed by atoms with Crippen LogP contribution in [0.15, 0.2) is 36.4 Å². The van der Waals surface area contributed by atoms with Gasteiger partial charge in [-0.15, -0.1) is 0 Å². The van der Waals surface area contributed by atoms with Crippen molar-refractivity contribution < 1.29 is 9.59 Å². The lowest BCUT2D eigenvalue weighted by Crippen LogP contribution is -2.40. The first-order valence-corrected chi connectivity index (χ1v) is 10.2. The van der Waals surface area contributed by atoms with Gasteiger partial charge in [0.2, 0.25) is 11.8 Å². The molecule has 0 spiro atoms. The van der Waals surface area contributed by atoms with Crippen molar-refractivity contribution in [3.8, 4) is 0 Å². The molecule has 5 heteroatoms. The van der Waals surface area contributed by atoms with E-state index in [0.717, 1.165) is 19.6 Å². The maximum atomic E-state index is 12.7. The number of hydrogen-bond donors (Lipinski definition) is 0. The molecule has 0 saturated carbocycles. The van der Waals surface area contributed by atoms with E-state index in [1.165, 1.54) is 35.4 Å². The summed E-state index contributed by atoms with van der Waals surface area (Å²) in [6.45, 7) is 3.33. The average molecular weight is 367 g/mol. The minimum absolute atomic E-state index is 0.00511. The Morgan fingerprint density at radius 1 is 0.963 bits per heavy atom. The van der Waals surface area contributed by atoms with Crippen LogP contribution in [0.25, 0.3) is 0 Å². The van der Waals surface area contributed by atoms with Gasteiger partial charge in [0.15, 0.2) is 0 Å². The lowest BCUT2D eigenvalue weighted by Gasteiger charge is -2.32. The number of carbonyl (C=O) groups excluding carboxylic acids is 2. The van der Waals surface area contributed by atoms with Gasteiger partial charge in [-0.3, -0.25) is 19.4 Å². The van der Waals surface area contributed by atoms with E-state index in [-0.39, 0.29) is 23.7 Å². The maximum absolute atomic E-state index is 12.7. The van der Waals surface area contributed by atoms with Gasteiger partial charge in [0.05, 0.1) is 18.5 Å². The molecule has 2 fully saturated rings. The molecule has 2 heterocycles. The predicted octanol–water partition coefficient (Wildman–Crippen LogP) is 3.02. The standard InChI is InChI=1S/C22H29N3O2/c1-23(16-25-21(26)18-10-4-5-11-19(18)22(25)27)15-17-9-3-6-12-20(17)24-13-7-2-8-14-24/h3-6,9,12,18-19H,2,7-8,10-11,13-16H2,1H3/t18-,19+. The van der Waals surface area contributed by atoms with E-state index >= 15 is 0 Å². The maximum Gasteiger partial charge on any atom is 0.234 e. The zero-order chi connectivity index (χ0) is 18.8. The number of carbonyl (C=O) groups is 2. The van der Waals surface area contributed by atoms with Gasteiger partial charge < -0.3 is 4.90 Å². The zero-order valence-corrected chi connectivity index (χ0v) is 16.1. The highest BCUT2D eigenvalue weighted by molar-refractivity contribution is 6.05. The van der Waals surface area contributed by atoms with E-state index in [0.29, 0.717) is 19.5 Å². The first kappa shape index (κ1) is 18.2. The van der Waals surface area contributed by atoms with E-state index in [4.69, 9.17) is 0 Å². The summed E-state index contributed by atoms with van der Waals surface area (Å²) in [5, 5.41) is 0. The van der Waals surface area contributed by atoms with E-state index in [1.807, 2.05) is 19.2 Å². The number of anilines is 1. The highest BCUT2D eigenvalue weighted by Gasteiger charge is 2.47. The molecule has 5 nitrogen and oxygen atoms in total. The number of fused-ring (bicyclic) bond motifs is 1. The Hall–Kier alpha value is -2.14. The lowest BCUT2D eigenvalue weighted by atomic mass is 9.85. The fraction of sp³-hybridized carbons (Fsp3) is 0.545. The number of imide groups is 1. The fourth-order valence-electron chi connectivity index (χ4n) is 4.68. The summed E-state index contributed by atoms with van der Waals surface area (Å²) in [6, 6.07) is 8.53. The van der Waals surface area contributed by atoms with Crippen molar-refractivity contribution >= 4 is 17.5 Å². The van der Waals surface area contributed by atoms with Crippen LogP contribution in [0.5, 0.6) is 0 Å². The summed E-state index contributed by atoms with van der Waals surface area (Å²) < 4.78 is 0. The number of piperidine rings is 1. The largest absolute Gasteiger partial charge is 0.371 e. The Labute approximate surface area is 161 Å². The van der Waals surface area contributed by atoms with Gasteiger partial charge in [0.1, 0.15) is 0 Å². The summed E-state index contributed by atoms with van der Waals surface area (Å²) in [4.78, 5) is 31.4. The molecule has 1 aromatic rings. The third-order valence-corrected chi connectivity index (χ3v) is 6.11. The molecule has 0 radical (unpaired) electrons. The predicted molar refractivity (Wildman–Crippen MR) is 106 cm³/mol. The number of allylic oxidation sites excluding steroid dienone is 2. The van der Waals surface area contributed by atoms with Crippen LogP contribution >= 0.6 is 0 Å². The van der Waals surface area contributed by atoms with E-state index in [9.17, 15) is 9.59 Å². The lowest BCUT2D eigenvalue weighted by molar-refractivity contribution is -0.142. The minimum atomic E-state index is -0.142. The van der Waals surface area contributed by atoms with Gasteiger partial charge in [-0.1, -0.05) is 30.4 Å². The van der Waals surface area contributed by atoms with Crippen LogP contribution in [-0.4, -0.2) is 48.4 Å². The van der Waals surface area contributed by atoms with Crippen LogP contribution in [0.1, 0.15) is 37.7 Å². The highest BCUT2D eigenvalue weighted by Crippen LogP contribution is 2.35. The van der Waals surface area contributed by atoms with Gasteiger partial charge in [-0.25, -0.2) is 0 Å². The molecule has 144 valence electrons. The van der Waals surface area contributed by atoms with E-state index in [2.05, 4.69) is 34.1 Å². The molecule has 1 aromatic carbocycles. The molecular formula is C22H29N3O2. The smallest absolute Gasteiger partial charge is 0.234 e. The second-order valence-corrected chi connectivity index (χ2v) is 8.09. The molecule has 0 N–H and O–H groups in total. The van der Waals surface area contributed by atoms with Crippen LogP contribution in [0.3, 0.4) is 0 Å². The van der Waals surface area contributed by atoms with Crippen molar-refractivity contribution in [3.63, 3.8) is 0 Å². The Balaban J connectivity index is 1.43. The van der Waals surface area contributed by atoms with Gasteiger partial charge in [0, 0.05) is 25.3 Å². The van der Waals surface area contributed by atoms with Crippen molar-refractivity contribution in [3.05, 3.63) is 42.0 Å². The summed E-state index contributed by atoms with van der Waals surface area (Å²) in [7, 11) is 1.99. The number of nitrogens with zero attached hydrogens (tertiary/aromatic N) is 3. The molecule has 3 aliphatic rings. The van der Waals surface area contributed by atoms with Crippen molar-refractivity contribution in [2.24, 2.45) is 11.8 Å². The fourth-order valence-corrected chi connectivity index (χ4v) is 4.68. The van der Waals surface area contributed by atoms with Crippen molar-refractivity contribution in [2.45, 2.75) is 38.6 Å². The normalized spacial score (nSPS) is 25.4. The number of para-hydroxylation sites is 1. The second-order valence-electron chi connectivity index (χ2n) is 8.09. The molecule has 2 atom stereocenters. The highest BCUT2D eigenvalue weighted by atomic mass is 16.2. The third kappa shape index (κ3) is 3.65. The van der Waals surface area contributed by atoms with Crippen molar-refractivity contribution in [1.82, 2.24) is 9.80 Å². The van der Waals surface area contributed by atoms with Gasteiger partial charge in [-0.05, 0) is 50.8 Å². The van der Waals surface area contributed by atoms with Gasteiger partial charge in [-0.2, -0.15) is 0 Å². The molecule has 2 amide bonds. The van der Waals surface area contributed by atoms with Crippen LogP contribution < -0.4 is 4.90 Å². The zero-order valence-electron chi connectivity index (χ0n) is 16.1. The van der Waals surface area contributed by atoms with Gasteiger partial charge in [0.25, 0.3) is 0 Å². The van der Waals surface area contributed by atoms with Crippen molar-refractivity contribution in [2.75, 3.05) is 31.7 Å². The summed E-state index contributed by atoms with van der Waals surface area (Å²) in [5.74, 6) is -0.274. The number of likely N-dealkylation sites (tertiary alicyclic amines) is 1. The van der Waals surface area contributed by atoms with Gasteiger partial charge >= 0.3 is 0 Å². The van der Waals surface area contributed by atoms with Crippen LogP contribution in [-0.2, 0) is 16.1 Å². The summed E-state index contributed by atoms with van der Waals surface area (Å²) in [5.41, 5.74) is 2.56. The number of benzene rings is 1. The number of hydrogen-bond acceptors (Lipinski definition) is 4. The van der Waals surface area contributed by atoms with Crippen LogP contribution in [0.4, 0.5) is 5.69 Å². The topological polar surface area (TPSA) is 43.9 Å². The average Bonchev–Trinajstić information content (AvgIpc) is 2.94. The molecule has 27 heavy (non-hydrogen) atoms. The first-order chi connectivity index (χ1) is 13.1. The first-order valence-electron chi connectivity index (χ1n) is 10.2. The number of rotatable bonds is 5. The third-order valence-electron chi connectivity index (χ3n) is 6.11. The second kappa shape index (κ2) is 7.85. The molecule has 2 saturated heterocycles. The van der Waals surface area contributed by atoms with Crippen molar-refractivity contribution in [1.29, 1.82) is 0 Å². The molecular weight excluding hydrogens is 338 g/mol. The molecule has 0 unspecified atom stereocenters. The molecule has 4 rings (SSSR count). The van der Waals surface area contributed by atoms with Crippen LogP contribution in [0, 0.1) is 11.8 Å². The monoisotopic (exact) mass is 367 g/mol. The SMILES string of the molecule is CN(Cc1ccccc1N1CCCCC1)CN1C(=O)[C@H]2CC=CC[C@H]2C1=O. The molecule has 0 aromatic heterocycles. The molecule has 1 aliphatic carbocycles. The Morgan fingerprint density at radius 2 is 1.59 bits per heavy atom. The Morgan fingerprint density at radius 3 is 2.26 bits per heavy atom. The summed E-state index contributed by atoms with van der Waals surface area (Å²) >= 11 is 0.